The Kier molecular flexibility index (Phi) is 11.6. The third-order valence-electron chi connectivity index (χ3n) is 4.90. The van der Waals surface area contributed by atoms with Gasteiger partial charge in [-0.3, -0.25) is 9.59 Å². The SMILES string of the molecule is CCCOc1c(Br)cc(/C=N\NC(=O)[C@@H](CC(C)C)NC(=O)COc2ccccc2C)cc1OC. The maximum atomic E-state index is 12.8. The van der Waals surface area contributed by atoms with Gasteiger partial charge in [-0.25, -0.2) is 5.43 Å². The fraction of sp³-hybridized carbons (Fsp3) is 0.423. The number of hydrazone groups is 1. The number of nitrogens with zero attached hydrogens (tertiary/aromatic N) is 1. The van der Waals surface area contributed by atoms with Crippen molar-refractivity contribution < 1.29 is 23.8 Å². The summed E-state index contributed by atoms with van der Waals surface area (Å²) in [5.74, 6) is 1.19. The van der Waals surface area contributed by atoms with E-state index in [0.29, 0.717) is 35.8 Å². The number of methoxy groups -OCH3 is 1. The molecule has 0 saturated heterocycles. The Hall–Kier alpha value is -3.07. The predicted molar refractivity (Wildman–Crippen MR) is 140 cm³/mol. The lowest BCUT2D eigenvalue weighted by Gasteiger charge is -2.19. The molecule has 2 N–H and O–H groups in total. The highest BCUT2D eigenvalue weighted by Gasteiger charge is 2.22. The number of ether oxygens (including phenoxy) is 3. The molecule has 9 heteroatoms. The molecule has 35 heavy (non-hydrogen) atoms. The molecule has 0 bridgehead atoms. The molecule has 0 spiro atoms. The number of rotatable bonds is 13. The van der Waals surface area contributed by atoms with Gasteiger partial charge in [0, 0.05) is 0 Å². The van der Waals surface area contributed by atoms with Gasteiger partial charge in [0.05, 0.1) is 24.4 Å². The fourth-order valence-corrected chi connectivity index (χ4v) is 3.78. The zero-order valence-electron chi connectivity index (χ0n) is 20.9. The fourth-order valence-electron chi connectivity index (χ4n) is 3.21. The van der Waals surface area contributed by atoms with Gasteiger partial charge in [0.1, 0.15) is 11.8 Å². The first-order valence-corrected chi connectivity index (χ1v) is 12.3. The van der Waals surface area contributed by atoms with Crippen molar-refractivity contribution >= 4 is 34.0 Å². The quantitative estimate of drug-likeness (QED) is 0.281. The van der Waals surface area contributed by atoms with Gasteiger partial charge in [-0.1, -0.05) is 39.0 Å². The van der Waals surface area contributed by atoms with E-state index in [1.165, 1.54) is 6.21 Å². The van der Waals surface area contributed by atoms with Gasteiger partial charge in [0.25, 0.3) is 11.8 Å². The Morgan fingerprint density at radius 2 is 1.89 bits per heavy atom. The van der Waals surface area contributed by atoms with Crippen LogP contribution in [0.25, 0.3) is 0 Å². The first-order valence-electron chi connectivity index (χ1n) is 11.6. The van der Waals surface area contributed by atoms with E-state index in [0.717, 1.165) is 16.5 Å². The summed E-state index contributed by atoms with van der Waals surface area (Å²) in [6.07, 6.45) is 2.83. The van der Waals surface area contributed by atoms with Crippen LogP contribution in [0.4, 0.5) is 0 Å². The summed E-state index contributed by atoms with van der Waals surface area (Å²) < 4.78 is 17.5. The Morgan fingerprint density at radius 1 is 1.14 bits per heavy atom. The van der Waals surface area contributed by atoms with E-state index < -0.39 is 11.9 Å². The predicted octanol–water partition coefficient (Wildman–Crippen LogP) is 4.61. The Labute approximate surface area is 215 Å². The van der Waals surface area contributed by atoms with Gasteiger partial charge in [-0.05, 0) is 70.9 Å². The molecule has 0 aliphatic carbocycles. The van der Waals surface area contributed by atoms with Crippen molar-refractivity contribution in [3.05, 3.63) is 52.0 Å². The normalized spacial score (nSPS) is 11.9. The molecule has 2 aromatic rings. The van der Waals surface area contributed by atoms with Gasteiger partial charge in [0.15, 0.2) is 18.1 Å². The van der Waals surface area contributed by atoms with Crippen LogP contribution in [0.3, 0.4) is 0 Å². The van der Waals surface area contributed by atoms with Crippen molar-refractivity contribution in [2.75, 3.05) is 20.3 Å². The van der Waals surface area contributed by atoms with Crippen molar-refractivity contribution in [3.8, 4) is 17.2 Å². The monoisotopic (exact) mass is 547 g/mol. The van der Waals surface area contributed by atoms with Crippen LogP contribution >= 0.6 is 15.9 Å². The largest absolute Gasteiger partial charge is 0.493 e. The van der Waals surface area contributed by atoms with Crippen LogP contribution in [0, 0.1) is 12.8 Å². The molecule has 0 unspecified atom stereocenters. The number of benzene rings is 2. The molecule has 2 aromatic carbocycles. The van der Waals surface area contributed by atoms with E-state index >= 15 is 0 Å². The molecule has 0 aliphatic rings. The average molecular weight is 548 g/mol. The topological polar surface area (TPSA) is 98.2 Å². The van der Waals surface area contributed by atoms with Crippen LogP contribution in [0.2, 0.25) is 0 Å². The molecule has 2 amide bonds. The molecule has 0 heterocycles. The second kappa shape index (κ2) is 14.4. The Balaban J connectivity index is 2.00. The smallest absolute Gasteiger partial charge is 0.262 e. The lowest BCUT2D eigenvalue weighted by Crippen LogP contribution is -2.47. The maximum Gasteiger partial charge on any atom is 0.262 e. The second-order valence-corrected chi connectivity index (χ2v) is 9.27. The van der Waals surface area contributed by atoms with Crippen LogP contribution < -0.4 is 25.0 Å². The summed E-state index contributed by atoms with van der Waals surface area (Å²) in [7, 11) is 1.56. The molecule has 0 aliphatic heterocycles. The summed E-state index contributed by atoms with van der Waals surface area (Å²) in [5, 5.41) is 6.81. The molecule has 0 fully saturated rings. The number of carbonyl (C=O) groups excluding carboxylic acids is 2. The number of halogens is 1. The van der Waals surface area contributed by atoms with Crippen LogP contribution in [0.1, 0.15) is 44.7 Å². The molecule has 0 aromatic heterocycles. The summed E-state index contributed by atoms with van der Waals surface area (Å²) >= 11 is 3.49. The highest BCUT2D eigenvalue weighted by Crippen LogP contribution is 2.36. The van der Waals surface area contributed by atoms with E-state index in [-0.39, 0.29) is 18.4 Å². The minimum atomic E-state index is -0.744. The minimum Gasteiger partial charge on any atom is -0.493 e. The number of amides is 2. The van der Waals surface area contributed by atoms with Crippen molar-refractivity contribution in [1.82, 2.24) is 10.7 Å². The maximum absolute atomic E-state index is 12.8. The number of carbonyl (C=O) groups is 2. The van der Waals surface area contributed by atoms with Crippen LogP contribution in [0.5, 0.6) is 17.2 Å². The minimum absolute atomic E-state index is 0.184. The molecule has 8 nitrogen and oxygen atoms in total. The first-order chi connectivity index (χ1) is 16.7. The molecule has 190 valence electrons. The molecular weight excluding hydrogens is 514 g/mol. The van der Waals surface area contributed by atoms with Gasteiger partial charge in [-0.15, -0.1) is 0 Å². The summed E-state index contributed by atoms with van der Waals surface area (Å²) in [5.41, 5.74) is 4.15. The van der Waals surface area contributed by atoms with E-state index in [9.17, 15) is 9.59 Å². The van der Waals surface area contributed by atoms with Crippen molar-refractivity contribution in [1.29, 1.82) is 0 Å². The first kappa shape index (κ1) is 28.2. The average Bonchev–Trinajstić information content (AvgIpc) is 2.81. The summed E-state index contributed by atoms with van der Waals surface area (Å²) in [6, 6.07) is 10.3. The third-order valence-corrected chi connectivity index (χ3v) is 5.49. The number of aryl methyl sites for hydroxylation is 1. The summed E-state index contributed by atoms with van der Waals surface area (Å²) in [6.45, 7) is 8.27. The Morgan fingerprint density at radius 3 is 2.54 bits per heavy atom. The highest BCUT2D eigenvalue weighted by molar-refractivity contribution is 9.10. The standard InChI is InChI=1S/C26H34BrN3O5/c1-6-11-34-25-20(27)13-19(14-23(25)33-5)15-28-30-26(32)21(12-17(2)3)29-24(31)16-35-22-10-8-7-9-18(22)4/h7-10,13-15,17,21H,6,11-12,16H2,1-5H3,(H,29,31)(H,30,32)/b28-15-/t21-/m1/s1. The van der Waals surface area contributed by atoms with E-state index in [1.807, 2.05) is 52.0 Å². The van der Waals surface area contributed by atoms with Crippen LogP contribution in [-0.2, 0) is 9.59 Å². The van der Waals surface area contributed by atoms with Gasteiger partial charge < -0.3 is 19.5 Å². The number of hydrogen-bond donors (Lipinski definition) is 2. The Bertz CT molecular complexity index is 1030. The van der Waals surface area contributed by atoms with Crippen molar-refractivity contribution in [3.63, 3.8) is 0 Å². The number of hydrogen-bond acceptors (Lipinski definition) is 6. The van der Waals surface area contributed by atoms with E-state index in [2.05, 4.69) is 31.8 Å². The summed E-state index contributed by atoms with van der Waals surface area (Å²) in [4.78, 5) is 25.2. The van der Waals surface area contributed by atoms with Crippen molar-refractivity contribution in [2.24, 2.45) is 11.0 Å². The zero-order chi connectivity index (χ0) is 25.8. The molecule has 2 rings (SSSR count). The van der Waals surface area contributed by atoms with E-state index in [4.69, 9.17) is 14.2 Å². The lowest BCUT2D eigenvalue weighted by molar-refractivity contribution is -0.130. The van der Waals surface area contributed by atoms with Gasteiger partial charge in [0.2, 0.25) is 0 Å². The second-order valence-electron chi connectivity index (χ2n) is 8.42. The van der Waals surface area contributed by atoms with Gasteiger partial charge >= 0.3 is 0 Å². The van der Waals surface area contributed by atoms with Crippen LogP contribution in [0.15, 0.2) is 46.0 Å². The number of nitrogens with one attached hydrogen (secondary N) is 2. The molecule has 0 radical (unpaired) electrons. The van der Waals surface area contributed by atoms with Crippen molar-refractivity contribution in [2.45, 2.75) is 46.6 Å². The lowest BCUT2D eigenvalue weighted by atomic mass is 10.0. The number of para-hydroxylation sites is 1. The van der Waals surface area contributed by atoms with Gasteiger partial charge in [-0.2, -0.15) is 5.10 Å². The highest BCUT2D eigenvalue weighted by atomic mass is 79.9. The van der Waals surface area contributed by atoms with E-state index in [1.54, 1.807) is 19.2 Å². The molecule has 1 atom stereocenters. The zero-order valence-corrected chi connectivity index (χ0v) is 22.5. The van der Waals surface area contributed by atoms with Crippen LogP contribution in [-0.4, -0.2) is 44.4 Å². The third kappa shape index (κ3) is 9.24. The molecule has 0 saturated carbocycles. The molecular formula is C26H34BrN3O5.